The van der Waals surface area contributed by atoms with Gasteiger partial charge in [-0.05, 0) is 17.7 Å². The van der Waals surface area contributed by atoms with Crippen LogP contribution in [0.15, 0.2) is 70.1 Å². The van der Waals surface area contributed by atoms with E-state index in [4.69, 9.17) is 0 Å². The molecule has 26 heavy (non-hydrogen) atoms. The molecule has 0 saturated carbocycles. The lowest BCUT2D eigenvalue weighted by Gasteiger charge is -2.19. The number of nitrogens with one attached hydrogen (secondary N) is 1. The van der Waals surface area contributed by atoms with Crippen LogP contribution in [0.2, 0.25) is 0 Å². The van der Waals surface area contributed by atoms with Crippen LogP contribution in [0.1, 0.15) is 17.0 Å². The molecule has 0 saturated heterocycles. The molecule has 4 nitrogen and oxygen atoms in total. The van der Waals surface area contributed by atoms with E-state index in [-0.39, 0.29) is 0 Å². The van der Waals surface area contributed by atoms with Crippen molar-refractivity contribution >= 4 is 29.2 Å². The van der Waals surface area contributed by atoms with Gasteiger partial charge < -0.3 is 0 Å². The molecule has 0 bridgehead atoms. The standard InChI is InChI=1S/C18H14F2N4S2/c19-17(20)26-14-8-6-13(7-9-14)15-11-25-18-22-21-16(24(18)23-15)10-12-4-2-1-3-5-12/h1-9,11,17,23H,10H2. The summed E-state index contributed by atoms with van der Waals surface area (Å²) in [4.78, 5) is 0.544. The van der Waals surface area contributed by atoms with Gasteiger partial charge in [-0.1, -0.05) is 66.0 Å². The first kappa shape index (κ1) is 17.1. The van der Waals surface area contributed by atoms with E-state index in [0.717, 1.165) is 27.8 Å². The lowest BCUT2D eigenvalue weighted by Crippen LogP contribution is -2.20. The SMILES string of the molecule is FC(F)Sc1ccc(C2=CSc3nnc(Cc4ccccc4)n3N2)cc1. The van der Waals surface area contributed by atoms with Crippen molar-refractivity contribution in [2.24, 2.45) is 0 Å². The number of rotatable bonds is 5. The highest BCUT2D eigenvalue weighted by molar-refractivity contribution is 8.02. The summed E-state index contributed by atoms with van der Waals surface area (Å²) in [6, 6.07) is 17.1. The fourth-order valence-electron chi connectivity index (χ4n) is 2.59. The van der Waals surface area contributed by atoms with Crippen LogP contribution in [0.5, 0.6) is 0 Å². The third-order valence-corrected chi connectivity index (χ3v) is 5.36. The van der Waals surface area contributed by atoms with Crippen LogP contribution in [0.4, 0.5) is 8.78 Å². The lowest BCUT2D eigenvalue weighted by atomic mass is 10.1. The van der Waals surface area contributed by atoms with Crippen molar-refractivity contribution in [2.75, 3.05) is 5.43 Å². The molecule has 8 heteroatoms. The zero-order valence-electron chi connectivity index (χ0n) is 13.5. The van der Waals surface area contributed by atoms with Crippen molar-refractivity contribution in [3.8, 4) is 0 Å². The summed E-state index contributed by atoms with van der Waals surface area (Å²) in [5.74, 6) is -1.60. The molecule has 3 aromatic rings. The van der Waals surface area contributed by atoms with Crippen molar-refractivity contribution in [3.05, 3.63) is 77.0 Å². The Bertz CT molecular complexity index is 924. The van der Waals surface area contributed by atoms with Gasteiger partial charge in [0.15, 0.2) is 5.82 Å². The number of hydrogen-bond donors (Lipinski definition) is 1. The second kappa shape index (κ2) is 7.51. The molecule has 0 aliphatic carbocycles. The summed E-state index contributed by atoms with van der Waals surface area (Å²) >= 11 is 2.02. The number of hydrogen-bond acceptors (Lipinski definition) is 5. The maximum absolute atomic E-state index is 12.4. The van der Waals surface area contributed by atoms with Gasteiger partial charge in [0.05, 0.1) is 5.70 Å². The molecule has 132 valence electrons. The number of benzene rings is 2. The van der Waals surface area contributed by atoms with Gasteiger partial charge in [0.25, 0.3) is 5.76 Å². The maximum atomic E-state index is 12.4. The van der Waals surface area contributed by atoms with Crippen molar-refractivity contribution in [1.29, 1.82) is 0 Å². The van der Waals surface area contributed by atoms with Crippen LogP contribution in [0.3, 0.4) is 0 Å². The smallest absolute Gasteiger partial charge is 0.288 e. The van der Waals surface area contributed by atoms with Gasteiger partial charge in [-0.25, -0.2) is 4.68 Å². The lowest BCUT2D eigenvalue weighted by molar-refractivity contribution is 0.252. The predicted octanol–water partition coefficient (Wildman–Crippen LogP) is 4.83. The maximum Gasteiger partial charge on any atom is 0.288 e. The molecule has 0 spiro atoms. The van der Waals surface area contributed by atoms with Crippen LogP contribution in [-0.2, 0) is 6.42 Å². The number of nitrogens with zero attached hydrogens (tertiary/aromatic N) is 3. The molecular formula is C18H14F2N4S2. The van der Waals surface area contributed by atoms with Crippen molar-refractivity contribution in [1.82, 2.24) is 14.9 Å². The minimum absolute atomic E-state index is 0.544. The van der Waals surface area contributed by atoms with Gasteiger partial charge in [0.1, 0.15) is 0 Å². The molecule has 2 aromatic carbocycles. The van der Waals surface area contributed by atoms with Gasteiger partial charge in [0.2, 0.25) is 5.16 Å². The van der Waals surface area contributed by atoms with E-state index in [2.05, 4.69) is 15.6 Å². The third kappa shape index (κ3) is 3.76. The van der Waals surface area contributed by atoms with Crippen LogP contribution >= 0.6 is 23.5 Å². The van der Waals surface area contributed by atoms with E-state index in [1.165, 1.54) is 11.8 Å². The van der Waals surface area contributed by atoms with Crippen molar-refractivity contribution in [3.63, 3.8) is 0 Å². The molecule has 1 aliphatic heterocycles. The average molecular weight is 388 g/mol. The van der Waals surface area contributed by atoms with E-state index < -0.39 is 5.76 Å². The van der Waals surface area contributed by atoms with Gasteiger partial charge in [0, 0.05) is 22.3 Å². The molecule has 4 rings (SSSR count). The van der Waals surface area contributed by atoms with Gasteiger partial charge in [-0.15, -0.1) is 10.2 Å². The molecule has 1 N–H and O–H groups in total. The molecule has 1 aromatic heterocycles. The highest BCUT2D eigenvalue weighted by atomic mass is 32.2. The number of alkyl halides is 2. The first-order valence-corrected chi connectivity index (χ1v) is 9.62. The zero-order valence-corrected chi connectivity index (χ0v) is 15.1. The number of halogens is 2. The van der Waals surface area contributed by atoms with E-state index in [0.29, 0.717) is 23.1 Å². The second-order valence-electron chi connectivity index (χ2n) is 5.56. The summed E-state index contributed by atoms with van der Waals surface area (Å²) in [6.45, 7) is 0. The normalized spacial score (nSPS) is 13.3. The van der Waals surface area contributed by atoms with E-state index in [9.17, 15) is 8.78 Å². The van der Waals surface area contributed by atoms with Gasteiger partial charge >= 0.3 is 0 Å². The first-order chi connectivity index (χ1) is 12.7. The van der Waals surface area contributed by atoms with Crippen LogP contribution in [0, 0.1) is 0 Å². The fraction of sp³-hybridized carbons (Fsp3) is 0.111. The molecule has 0 radical (unpaired) electrons. The molecular weight excluding hydrogens is 374 g/mol. The van der Waals surface area contributed by atoms with E-state index >= 15 is 0 Å². The van der Waals surface area contributed by atoms with Crippen LogP contribution < -0.4 is 5.43 Å². The quantitative estimate of drug-likeness (QED) is 0.634. The largest absolute Gasteiger partial charge is 0.290 e. The molecule has 1 aliphatic rings. The molecule has 0 amide bonds. The Balaban J connectivity index is 1.53. The monoisotopic (exact) mass is 388 g/mol. The summed E-state index contributed by atoms with van der Waals surface area (Å²) in [5.41, 5.74) is 6.27. The summed E-state index contributed by atoms with van der Waals surface area (Å²) in [7, 11) is 0. The Morgan fingerprint density at radius 2 is 1.81 bits per heavy atom. The average Bonchev–Trinajstić information content (AvgIpc) is 3.05. The Kier molecular flexibility index (Phi) is 4.94. The number of thioether (sulfide) groups is 2. The summed E-state index contributed by atoms with van der Waals surface area (Å²) < 4.78 is 26.8. The summed E-state index contributed by atoms with van der Waals surface area (Å²) in [5, 5.41) is 11.2. The molecule has 2 heterocycles. The molecule has 0 atom stereocenters. The Hall–Kier alpha value is -2.32. The first-order valence-electron chi connectivity index (χ1n) is 7.86. The Morgan fingerprint density at radius 3 is 2.54 bits per heavy atom. The topological polar surface area (TPSA) is 42.7 Å². The fourth-order valence-corrected chi connectivity index (χ4v) is 3.84. The third-order valence-electron chi connectivity index (χ3n) is 3.81. The minimum Gasteiger partial charge on any atom is -0.290 e. The van der Waals surface area contributed by atoms with Gasteiger partial charge in [-0.2, -0.15) is 8.78 Å². The summed E-state index contributed by atoms with van der Waals surface area (Å²) in [6.07, 6.45) is 0.665. The molecule has 0 unspecified atom stereocenters. The highest BCUT2D eigenvalue weighted by Crippen LogP contribution is 2.31. The number of fused-ring (bicyclic) bond motifs is 1. The van der Waals surface area contributed by atoms with E-state index in [1.54, 1.807) is 12.1 Å². The highest BCUT2D eigenvalue weighted by Gasteiger charge is 2.18. The minimum atomic E-state index is -2.41. The van der Waals surface area contributed by atoms with Crippen molar-refractivity contribution in [2.45, 2.75) is 22.2 Å². The molecule has 0 fully saturated rings. The zero-order chi connectivity index (χ0) is 17.9. The van der Waals surface area contributed by atoms with Crippen molar-refractivity contribution < 1.29 is 8.78 Å². The Morgan fingerprint density at radius 1 is 1.04 bits per heavy atom. The van der Waals surface area contributed by atoms with Crippen LogP contribution in [-0.4, -0.2) is 20.6 Å². The number of aromatic nitrogens is 3. The van der Waals surface area contributed by atoms with E-state index in [1.807, 2.05) is 52.5 Å². The second-order valence-corrected chi connectivity index (χ2v) is 7.46. The van der Waals surface area contributed by atoms with Crippen LogP contribution in [0.25, 0.3) is 5.70 Å². The predicted molar refractivity (Wildman–Crippen MR) is 101 cm³/mol. The Labute approximate surface area is 157 Å². The van der Waals surface area contributed by atoms with Gasteiger partial charge in [-0.3, -0.25) is 5.43 Å².